The molecule has 2 aliphatic heterocycles. The van der Waals surface area contributed by atoms with Crippen molar-refractivity contribution >= 4 is 17.6 Å². The van der Waals surface area contributed by atoms with Gasteiger partial charge in [0.15, 0.2) is 0 Å². The van der Waals surface area contributed by atoms with Crippen molar-refractivity contribution in [2.24, 2.45) is 0 Å². The third-order valence-electron chi connectivity index (χ3n) is 3.44. The lowest BCUT2D eigenvalue weighted by molar-refractivity contribution is -0.121. The molecule has 1 aromatic carbocycles. The monoisotopic (exact) mass is 261 g/mol. The number of urea groups is 1. The summed E-state index contributed by atoms with van der Waals surface area (Å²) in [5.74, 6) is 0.552. The third-order valence-corrected chi connectivity index (χ3v) is 3.44. The number of fused-ring (bicyclic) bond motifs is 3. The van der Waals surface area contributed by atoms with E-state index in [0.717, 1.165) is 5.69 Å². The van der Waals surface area contributed by atoms with Crippen LogP contribution in [-0.2, 0) is 4.79 Å². The molecule has 2 aliphatic rings. The number of ether oxygens (including phenoxy) is 1. The van der Waals surface area contributed by atoms with E-state index >= 15 is 0 Å². The van der Waals surface area contributed by atoms with Gasteiger partial charge in [-0.25, -0.2) is 4.79 Å². The summed E-state index contributed by atoms with van der Waals surface area (Å²) < 4.78 is 5.64. The molecule has 1 saturated heterocycles. The van der Waals surface area contributed by atoms with Crippen LogP contribution in [0.2, 0.25) is 0 Å². The number of carbonyl (C=O) groups is 2. The Labute approximate surface area is 110 Å². The van der Waals surface area contributed by atoms with Gasteiger partial charge < -0.3 is 15.0 Å². The SMILES string of the molecule is CNC(=O)CN1CC2COc3ccccc3N2C1=O. The van der Waals surface area contributed by atoms with Crippen molar-refractivity contribution in [2.75, 3.05) is 31.6 Å². The molecular formula is C13H15N3O3. The first-order chi connectivity index (χ1) is 9.20. The van der Waals surface area contributed by atoms with Crippen molar-refractivity contribution in [2.45, 2.75) is 6.04 Å². The molecule has 1 unspecified atom stereocenters. The number of hydrogen-bond donors (Lipinski definition) is 1. The Kier molecular flexibility index (Phi) is 2.77. The zero-order valence-electron chi connectivity index (χ0n) is 10.6. The number of rotatable bonds is 2. The molecule has 0 saturated carbocycles. The molecule has 1 atom stereocenters. The Morgan fingerprint density at radius 1 is 1.47 bits per heavy atom. The van der Waals surface area contributed by atoms with E-state index < -0.39 is 0 Å². The maximum Gasteiger partial charge on any atom is 0.325 e. The summed E-state index contributed by atoms with van der Waals surface area (Å²) in [4.78, 5) is 27.1. The number of nitrogens with one attached hydrogen (secondary N) is 1. The Morgan fingerprint density at radius 2 is 2.26 bits per heavy atom. The normalized spacial score (nSPS) is 20.7. The molecule has 1 fully saturated rings. The fourth-order valence-corrected chi connectivity index (χ4v) is 2.50. The van der Waals surface area contributed by atoms with Gasteiger partial charge in [0.1, 0.15) is 18.9 Å². The molecule has 1 aromatic rings. The molecule has 0 aromatic heterocycles. The Balaban J connectivity index is 1.86. The summed E-state index contributed by atoms with van der Waals surface area (Å²) in [7, 11) is 1.56. The van der Waals surface area contributed by atoms with Crippen LogP contribution in [0.25, 0.3) is 0 Å². The number of likely N-dealkylation sites (N-methyl/N-ethyl adjacent to an activating group) is 1. The first-order valence-corrected chi connectivity index (χ1v) is 6.21. The molecule has 3 rings (SSSR count). The predicted octanol–water partition coefficient (Wildman–Crippen LogP) is 0.436. The lowest BCUT2D eigenvalue weighted by atomic mass is 10.2. The van der Waals surface area contributed by atoms with E-state index in [4.69, 9.17) is 4.74 Å². The first-order valence-electron chi connectivity index (χ1n) is 6.21. The Bertz CT molecular complexity index is 532. The molecular weight excluding hydrogens is 246 g/mol. The van der Waals surface area contributed by atoms with E-state index in [2.05, 4.69) is 5.32 Å². The number of amides is 3. The molecule has 6 heteroatoms. The summed E-state index contributed by atoms with van der Waals surface area (Å²) >= 11 is 0. The van der Waals surface area contributed by atoms with Gasteiger partial charge >= 0.3 is 6.03 Å². The number of nitrogens with zero attached hydrogens (tertiary/aromatic N) is 2. The van der Waals surface area contributed by atoms with E-state index in [1.165, 1.54) is 0 Å². The van der Waals surface area contributed by atoms with E-state index in [0.29, 0.717) is 18.9 Å². The van der Waals surface area contributed by atoms with Crippen molar-refractivity contribution in [3.8, 4) is 5.75 Å². The highest BCUT2D eigenvalue weighted by atomic mass is 16.5. The summed E-state index contributed by atoms with van der Waals surface area (Å²) in [6.07, 6.45) is 0. The maximum atomic E-state index is 12.4. The molecule has 3 amide bonds. The van der Waals surface area contributed by atoms with E-state index in [-0.39, 0.29) is 24.5 Å². The van der Waals surface area contributed by atoms with Gasteiger partial charge in [-0.2, -0.15) is 0 Å². The predicted molar refractivity (Wildman–Crippen MR) is 69.2 cm³/mol. The lowest BCUT2D eigenvalue weighted by Crippen LogP contribution is -2.42. The van der Waals surface area contributed by atoms with Gasteiger partial charge in [-0.15, -0.1) is 0 Å². The van der Waals surface area contributed by atoms with Crippen molar-refractivity contribution in [3.05, 3.63) is 24.3 Å². The zero-order valence-corrected chi connectivity index (χ0v) is 10.6. The van der Waals surface area contributed by atoms with E-state index in [9.17, 15) is 9.59 Å². The van der Waals surface area contributed by atoms with E-state index in [1.54, 1.807) is 16.8 Å². The zero-order chi connectivity index (χ0) is 13.4. The number of anilines is 1. The number of para-hydroxylation sites is 2. The fraction of sp³-hybridized carbons (Fsp3) is 0.385. The topological polar surface area (TPSA) is 61.9 Å². The smallest absolute Gasteiger partial charge is 0.325 e. The van der Waals surface area contributed by atoms with Gasteiger partial charge in [0.05, 0.1) is 11.7 Å². The van der Waals surface area contributed by atoms with Crippen molar-refractivity contribution in [1.29, 1.82) is 0 Å². The van der Waals surface area contributed by atoms with Gasteiger partial charge in [-0.3, -0.25) is 9.69 Å². The number of carbonyl (C=O) groups excluding carboxylic acids is 2. The van der Waals surface area contributed by atoms with Crippen LogP contribution >= 0.6 is 0 Å². The molecule has 0 bridgehead atoms. The highest BCUT2D eigenvalue weighted by Crippen LogP contribution is 2.36. The van der Waals surface area contributed by atoms with Crippen LogP contribution in [0.4, 0.5) is 10.5 Å². The second-order valence-electron chi connectivity index (χ2n) is 4.64. The van der Waals surface area contributed by atoms with Gasteiger partial charge in [-0.05, 0) is 12.1 Å². The molecule has 6 nitrogen and oxygen atoms in total. The van der Waals surface area contributed by atoms with Crippen molar-refractivity contribution in [3.63, 3.8) is 0 Å². The lowest BCUT2D eigenvalue weighted by Gasteiger charge is -2.30. The van der Waals surface area contributed by atoms with Gasteiger partial charge in [0.2, 0.25) is 5.91 Å². The van der Waals surface area contributed by atoms with Crippen LogP contribution in [0.1, 0.15) is 0 Å². The standard InChI is InChI=1S/C13H15N3O3/c1-14-12(17)7-15-6-9-8-19-11-5-3-2-4-10(11)16(9)13(15)18/h2-5,9H,6-8H2,1H3,(H,14,17). The van der Waals surface area contributed by atoms with Gasteiger partial charge in [0.25, 0.3) is 0 Å². The quantitative estimate of drug-likeness (QED) is 0.840. The van der Waals surface area contributed by atoms with Crippen LogP contribution in [0.15, 0.2) is 24.3 Å². The fourth-order valence-electron chi connectivity index (χ4n) is 2.50. The first kappa shape index (κ1) is 11.8. The summed E-state index contributed by atoms with van der Waals surface area (Å²) in [6, 6.07) is 7.31. The molecule has 2 heterocycles. The number of hydrogen-bond acceptors (Lipinski definition) is 3. The van der Waals surface area contributed by atoms with Gasteiger partial charge in [0, 0.05) is 13.6 Å². The van der Waals surface area contributed by atoms with Crippen LogP contribution in [0.3, 0.4) is 0 Å². The summed E-state index contributed by atoms with van der Waals surface area (Å²) in [5.41, 5.74) is 0.781. The maximum absolute atomic E-state index is 12.4. The van der Waals surface area contributed by atoms with Crippen LogP contribution in [0, 0.1) is 0 Å². The number of benzene rings is 1. The molecule has 100 valence electrons. The highest BCUT2D eigenvalue weighted by Gasteiger charge is 2.42. The third kappa shape index (κ3) is 1.89. The molecule has 0 aliphatic carbocycles. The Hall–Kier alpha value is -2.24. The average molecular weight is 261 g/mol. The molecule has 0 radical (unpaired) electrons. The molecule has 0 spiro atoms. The minimum absolute atomic E-state index is 0.0212. The summed E-state index contributed by atoms with van der Waals surface area (Å²) in [5, 5.41) is 2.53. The van der Waals surface area contributed by atoms with Crippen molar-refractivity contribution in [1.82, 2.24) is 10.2 Å². The van der Waals surface area contributed by atoms with E-state index in [1.807, 2.05) is 24.3 Å². The van der Waals surface area contributed by atoms with Crippen LogP contribution in [-0.4, -0.2) is 49.6 Å². The Morgan fingerprint density at radius 3 is 3.05 bits per heavy atom. The highest BCUT2D eigenvalue weighted by molar-refractivity contribution is 5.98. The second kappa shape index (κ2) is 4.46. The molecule has 19 heavy (non-hydrogen) atoms. The second-order valence-corrected chi connectivity index (χ2v) is 4.64. The van der Waals surface area contributed by atoms with Crippen LogP contribution < -0.4 is 15.0 Å². The van der Waals surface area contributed by atoms with Gasteiger partial charge in [-0.1, -0.05) is 12.1 Å². The summed E-state index contributed by atoms with van der Waals surface area (Å²) in [6.45, 7) is 1.07. The minimum Gasteiger partial charge on any atom is -0.489 e. The van der Waals surface area contributed by atoms with Crippen LogP contribution in [0.5, 0.6) is 5.75 Å². The molecule has 1 N–H and O–H groups in total. The average Bonchev–Trinajstić information content (AvgIpc) is 2.76. The minimum atomic E-state index is -0.164. The largest absolute Gasteiger partial charge is 0.489 e. The van der Waals surface area contributed by atoms with Crippen molar-refractivity contribution < 1.29 is 14.3 Å².